The molecular weight excluding hydrogens is 402 g/mol. The Morgan fingerprint density at radius 3 is 2.59 bits per heavy atom. The van der Waals surface area contributed by atoms with E-state index < -0.39 is 0 Å². The number of para-hydroxylation sites is 1. The van der Waals surface area contributed by atoms with Gasteiger partial charge in [0.15, 0.2) is 11.5 Å². The van der Waals surface area contributed by atoms with Crippen molar-refractivity contribution in [2.45, 2.75) is 37.6 Å². The Bertz CT molecular complexity index is 1130. The molecule has 6 heteroatoms. The van der Waals surface area contributed by atoms with Gasteiger partial charge in [0.2, 0.25) is 0 Å². The van der Waals surface area contributed by atoms with Gasteiger partial charge in [0, 0.05) is 30.2 Å². The van der Waals surface area contributed by atoms with Crippen LogP contribution < -0.4 is 14.8 Å². The van der Waals surface area contributed by atoms with Gasteiger partial charge >= 0.3 is 6.03 Å². The van der Waals surface area contributed by atoms with Gasteiger partial charge in [0.25, 0.3) is 0 Å². The molecule has 1 unspecified atom stereocenters. The highest BCUT2D eigenvalue weighted by Gasteiger charge is 2.35. The number of ether oxygens (including phenoxy) is 2. The monoisotopic (exact) mass is 431 g/mol. The molecule has 1 aromatic heterocycles. The highest BCUT2D eigenvalue weighted by molar-refractivity contribution is 5.83. The number of hydrogen-bond acceptors (Lipinski definition) is 3. The lowest BCUT2D eigenvalue weighted by atomic mass is 9.89. The molecule has 1 atom stereocenters. The first-order chi connectivity index (χ1) is 15.8. The topological polar surface area (TPSA) is 66.6 Å². The van der Waals surface area contributed by atoms with Crippen molar-refractivity contribution in [3.63, 3.8) is 0 Å². The molecule has 6 rings (SSSR count). The summed E-state index contributed by atoms with van der Waals surface area (Å²) in [6.45, 7) is 2.73. The molecule has 2 amide bonds. The predicted octanol–water partition coefficient (Wildman–Crippen LogP) is 4.98. The van der Waals surface area contributed by atoms with Gasteiger partial charge in [0.05, 0.1) is 6.04 Å². The number of urea groups is 1. The molecule has 0 spiro atoms. The molecule has 2 N–H and O–H groups in total. The number of hydrogen-bond donors (Lipinski definition) is 2. The molecule has 0 bridgehead atoms. The molecule has 2 fully saturated rings. The fraction of sp³-hybridized carbons (Fsp3) is 0.423. The summed E-state index contributed by atoms with van der Waals surface area (Å²) in [5, 5.41) is 4.64. The van der Waals surface area contributed by atoms with E-state index in [0.717, 1.165) is 55.8 Å². The maximum atomic E-state index is 13.2. The van der Waals surface area contributed by atoms with Crippen molar-refractivity contribution in [1.82, 2.24) is 15.2 Å². The first kappa shape index (κ1) is 19.5. The number of aromatic amines is 1. The van der Waals surface area contributed by atoms with Crippen LogP contribution in [0.15, 0.2) is 48.7 Å². The normalized spacial score (nSPS) is 19.7. The standard InChI is InChI=1S/C26H29N3O3/c30-26(28-25(18-5-6-18)19-7-8-23-24(15-19)32-14-13-31-23)29-11-9-17(10-12-29)21-16-27-22-4-2-1-3-20(21)22/h1-4,7-8,15-18,25,27H,5-6,9-14H2,(H,28,30). The third-order valence-corrected chi connectivity index (χ3v) is 7.14. The molecule has 3 heterocycles. The van der Waals surface area contributed by atoms with Gasteiger partial charge in [-0.05, 0) is 66.8 Å². The number of fused-ring (bicyclic) bond motifs is 2. The van der Waals surface area contributed by atoms with Crippen LogP contribution in [-0.4, -0.2) is 42.2 Å². The zero-order valence-corrected chi connectivity index (χ0v) is 18.2. The van der Waals surface area contributed by atoms with Crippen LogP contribution in [0.3, 0.4) is 0 Å². The lowest BCUT2D eigenvalue weighted by molar-refractivity contribution is 0.170. The number of likely N-dealkylation sites (tertiary alicyclic amines) is 1. The second-order valence-electron chi connectivity index (χ2n) is 9.22. The van der Waals surface area contributed by atoms with Crippen molar-refractivity contribution < 1.29 is 14.3 Å². The summed E-state index contributed by atoms with van der Waals surface area (Å²) in [6, 6.07) is 14.6. The summed E-state index contributed by atoms with van der Waals surface area (Å²) in [4.78, 5) is 18.5. The third kappa shape index (κ3) is 3.68. The molecule has 2 aliphatic heterocycles. The van der Waals surface area contributed by atoms with Crippen molar-refractivity contribution >= 4 is 16.9 Å². The predicted molar refractivity (Wildman–Crippen MR) is 123 cm³/mol. The van der Waals surface area contributed by atoms with Crippen LogP contribution in [0.4, 0.5) is 4.79 Å². The first-order valence-corrected chi connectivity index (χ1v) is 11.8. The van der Waals surface area contributed by atoms with Crippen molar-refractivity contribution in [1.29, 1.82) is 0 Å². The SMILES string of the molecule is O=C(NC(c1ccc2c(c1)OCCO2)C1CC1)N1CCC(c2c[nH]c3ccccc23)CC1. The van der Waals surface area contributed by atoms with E-state index in [4.69, 9.17) is 9.47 Å². The largest absolute Gasteiger partial charge is 0.486 e. The van der Waals surface area contributed by atoms with Gasteiger partial charge in [-0.3, -0.25) is 0 Å². The summed E-state index contributed by atoms with van der Waals surface area (Å²) in [7, 11) is 0. The fourth-order valence-electron chi connectivity index (χ4n) is 5.21. The molecule has 1 aliphatic carbocycles. The minimum absolute atomic E-state index is 0.0321. The van der Waals surface area contributed by atoms with E-state index in [9.17, 15) is 4.79 Å². The first-order valence-electron chi connectivity index (χ1n) is 11.8. The quantitative estimate of drug-likeness (QED) is 0.612. The minimum Gasteiger partial charge on any atom is -0.486 e. The van der Waals surface area contributed by atoms with E-state index in [0.29, 0.717) is 25.0 Å². The molecule has 3 aromatic rings. The smallest absolute Gasteiger partial charge is 0.317 e. The van der Waals surface area contributed by atoms with E-state index in [1.807, 2.05) is 17.0 Å². The molecular formula is C26H29N3O3. The number of aromatic nitrogens is 1. The minimum atomic E-state index is 0.0321. The molecule has 3 aliphatic rings. The third-order valence-electron chi connectivity index (χ3n) is 7.14. The van der Waals surface area contributed by atoms with Crippen LogP contribution in [-0.2, 0) is 0 Å². The molecule has 32 heavy (non-hydrogen) atoms. The second kappa shape index (κ2) is 8.08. The van der Waals surface area contributed by atoms with Gasteiger partial charge < -0.3 is 24.7 Å². The van der Waals surface area contributed by atoms with Crippen LogP contribution in [0, 0.1) is 5.92 Å². The summed E-state index contributed by atoms with van der Waals surface area (Å²) in [5.74, 6) is 2.57. The van der Waals surface area contributed by atoms with E-state index in [-0.39, 0.29) is 12.1 Å². The Balaban J connectivity index is 1.12. The van der Waals surface area contributed by atoms with E-state index in [1.165, 1.54) is 16.5 Å². The van der Waals surface area contributed by atoms with Gasteiger partial charge in [0.1, 0.15) is 13.2 Å². The summed E-state index contributed by atoms with van der Waals surface area (Å²) in [6.07, 6.45) is 6.45. The molecule has 166 valence electrons. The van der Waals surface area contributed by atoms with Gasteiger partial charge in [-0.15, -0.1) is 0 Å². The van der Waals surface area contributed by atoms with Crippen LogP contribution in [0.2, 0.25) is 0 Å². The lowest BCUT2D eigenvalue weighted by Crippen LogP contribution is -2.45. The number of benzene rings is 2. The highest BCUT2D eigenvalue weighted by Crippen LogP contribution is 2.43. The second-order valence-corrected chi connectivity index (χ2v) is 9.22. The Morgan fingerprint density at radius 1 is 1.00 bits per heavy atom. The summed E-state index contributed by atoms with van der Waals surface area (Å²) >= 11 is 0. The summed E-state index contributed by atoms with van der Waals surface area (Å²) < 4.78 is 11.4. The van der Waals surface area contributed by atoms with Crippen LogP contribution in [0.5, 0.6) is 11.5 Å². The number of amides is 2. The van der Waals surface area contributed by atoms with Crippen molar-refractivity contribution in [2.24, 2.45) is 5.92 Å². The Morgan fingerprint density at radius 2 is 1.78 bits per heavy atom. The van der Waals surface area contributed by atoms with Crippen molar-refractivity contribution in [3.05, 3.63) is 59.8 Å². The van der Waals surface area contributed by atoms with Crippen molar-refractivity contribution in [3.8, 4) is 11.5 Å². The zero-order valence-electron chi connectivity index (χ0n) is 18.2. The zero-order chi connectivity index (χ0) is 21.5. The number of nitrogens with zero attached hydrogens (tertiary/aromatic N) is 1. The van der Waals surface area contributed by atoms with Gasteiger partial charge in [-0.2, -0.15) is 0 Å². The Labute approximate surface area is 187 Å². The van der Waals surface area contributed by atoms with Crippen LogP contribution in [0.25, 0.3) is 10.9 Å². The maximum Gasteiger partial charge on any atom is 0.317 e. The lowest BCUT2D eigenvalue weighted by Gasteiger charge is -2.33. The summed E-state index contributed by atoms with van der Waals surface area (Å²) in [5.41, 5.74) is 3.68. The number of piperidine rings is 1. The average molecular weight is 432 g/mol. The number of carbonyl (C=O) groups excluding carboxylic acids is 1. The maximum absolute atomic E-state index is 13.2. The number of nitrogens with one attached hydrogen (secondary N) is 2. The van der Waals surface area contributed by atoms with Gasteiger partial charge in [-0.1, -0.05) is 24.3 Å². The average Bonchev–Trinajstić information content (AvgIpc) is 3.60. The van der Waals surface area contributed by atoms with Crippen LogP contribution in [0.1, 0.15) is 48.8 Å². The molecule has 1 saturated carbocycles. The van der Waals surface area contributed by atoms with Crippen molar-refractivity contribution in [2.75, 3.05) is 26.3 Å². The fourth-order valence-corrected chi connectivity index (χ4v) is 5.21. The Hall–Kier alpha value is -3.15. The molecule has 6 nitrogen and oxygen atoms in total. The molecule has 1 saturated heterocycles. The highest BCUT2D eigenvalue weighted by atomic mass is 16.6. The number of rotatable bonds is 4. The van der Waals surface area contributed by atoms with E-state index >= 15 is 0 Å². The Kier molecular flexibility index (Phi) is 4.93. The van der Waals surface area contributed by atoms with Crippen LogP contribution >= 0.6 is 0 Å². The number of H-pyrrole nitrogens is 1. The number of carbonyl (C=O) groups is 1. The van der Waals surface area contributed by atoms with E-state index in [1.54, 1.807) is 0 Å². The van der Waals surface area contributed by atoms with Gasteiger partial charge in [-0.25, -0.2) is 4.79 Å². The molecule has 2 aromatic carbocycles. The molecule has 0 radical (unpaired) electrons. The van der Waals surface area contributed by atoms with E-state index in [2.05, 4.69) is 46.8 Å².